The Hall–Kier alpha value is -1.92. The van der Waals surface area contributed by atoms with Gasteiger partial charge in [-0.15, -0.1) is 0 Å². The van der Waals surface area contributed by atoms with E-state index >= 15 is 0 Å². The van der Waals surface area contributed by atoms with Crippen LogP contribution in [0.2, 0.25) is 0 Å². The number of carbonyl (C=O) groups excluding carboxylic acids is 2. The van der Waals surface area contributed by atoms with Crippen molar-refractivity contribution in [1.82, 2.24) is 20.0 Å². The molecule has 2 heterocycles. The highest BCUT2D eigenvalue weighted by atomic mass is 16.2. The van der Waals surface area contributed by atoms with E-state index in [4.69, 9.17) is 0 Å². The van der Waals surface area contributed by atoms with E-state index in [0.29, 0.717) is 12.1 Å². The second kappa shape index (κ2) is 8.45. The first kappa shape index (κ1) is 17.9. The summed E-state index contributed by atoms with van der Waals surface area (Å²) in [6, 6.07) is 7.79. The summed E-state index contributed by atoms with van der Waals surface area (Å²) < 4.78 is 0. The molecule has 0 spiro atoms. The molecule has 0 saturated carbocycles. The predicted molar refractivity (Wildman–Crippen MR) is 97.4 cm³/mol. The van der Waals surface area contributed by atoms with E-state index in [0.717, 1.165) is 58.7 Å². The fourth-order valence-corrected chi connectivity index (χ4v) is 3.53. The fourth-order valence-electron chi connectivity index (χ4n) is 3.53. The van der Waals surface area contributed by atoms with Crippen LogP contribution in [-0.2, 0) is 11.3 Å². The van der Waals surface area contributed by atoms with Crippen molar-refractivity contribution in [3.05, 3.63) is 35.4 Å². The van der Waals surface area contributed by atoms with E-state index in [9.17, 15) is 9.59 Å². The average molecular weight is 344 g/mol. The number of rotatable bonds is 5. The van der Waals surface area contributed by atoms with Gasteiger partial charge in [-0.25, -0.2) is 0 Å². The zero-order valence-corrected chi connectivity index (χ0v) is 15.0. The van der Waals surface area contributed by atoms with Crippen LogP contribution in [-0.4, -0.2) is 79.4 Å². The smallest absolute Gasteiger partial charge is 0.251 e. The molecule has 0 atom stereocenters. The standard InChI is InChI=1S/C19H28N4O2/c1-20-19(25)17-6-4-16(5-7-17)14-21-10-12-22(13-11-21)15-18(24)23-8-2-3-9-23/h4-7H,2-3,8-15H2,1H3,(H,20,25). The molecule has 1 aromatic rings. The summed E-state index contributed by atoms with van der Waals surface area (Å²) >= 11 is 0. The van der Waals surface area contributed by atoms with Crippen molar-refractivity contribution >= 4 is 11.8 Å². The summed E-state index contributed by atoms with van der Waals surface area (Å²) in [6.07, 6.45) is 2.30. The summed E-state index contributed by atoms with van der Waals surface area (Å²) in [6.45, 7) is 7.16. The van der Waals surface area contributed by atoms with E-state index in [2.05, 4.69) is 15.1 Å². The molecule has 6 nitrogen and oxygen atoms in total. The lowest BCUT2D eigenvalue weighted by Gasteiger charge is -2.35. The third-order valence-electron chi connectivity index (χ3n) is 5.13. The largest absolute Gasteiger partial charge is 0.355 e. The normalized spacial score (nSPS) is 19.2. The molecule has 2 amide bonds. The van der Waals surface area contributed by atoms with E-state index < -0.39 is 0 Å². The van der Waals surface area contributed by atoms with Gasteiger partial charge in [0.05, 0.1) is 6.54 Å². The third kappa shape index (κ3) is 4.80. The van der Waals surface area contributed by atoms with Gasteiger partial charge in [0.2, 0.25) is 5.91 Å². The zero-order chi connectivity index (χ0) is 17.6. The second-order valence-electron chi connectivity index (χ2n) is 6.92. The van der Waals surface area contributed by atoms with Crippen LogP contribution in [0.5, 0.6) is 0 Å². The Morgan fingerprint density at radius 1 is 0.920 bits per heavy atom. The maximum atomic E-state index is 12.2. The number of nitrogens with one attached hydrogen (secondary N) is 1. The Balaban J connectivity index is 1.43. The minimum atomic E-state index is -0.0529. The molecule has 0 radical (unpaired) electrons. The second-order valence-corrected chi connectivity index (χ2v) is 6.92. The highest BCUT2D eigenvalue weighted by Crippen LogP contribution is 2.12. The van der Waals surface area contributed by atoms with Crippen molar-refractivity contribution in [1.29, 1.82) is 0 Å². The molecule has 0 bridgehead atoms. The molecule has 1 aromatic carbocycles. The van der Waals surface area contributed by atoms with Gasteiger partial charge < -0.3 is 10.2 Å². The summed E-state index contributed by atoms with van der Waals surface area (Å²) in [5.74, 6) is 0.235. The molecule has 0 unspecified atom stereocenters. The van der Waals surface area contributed by atoms with Crippen LogP contribution in [0, 0.1) is 0 Å². The monoisotopic (exact) mass is 344 g/mol. The summed E-state index contributed by atoms with van der Waals surface area (Å²) in [7, 11) is 1.64. The van der Waals surface area contributed by atoms with E-state index in [1.807, 2.05) is 29.2 Å². The van der Waals surface area contributed by atoms with Crippen LogP contribution in [0.1, 0.15) is 28.8 Å². The van der Waals surface area contributed by atoms with E-state index in [1.54, 1.807) is 7.05 Å². The zero-order valence-electron chi connectivity index (χ0n) is 15.0. The Kier molecular flexibility index (Phi) is 6.04. The predicted octanol–water partition coefficient (Wildman–Crippen LogP) is 0.786. The molecule has 6 heteroatoms. The average Bonchev–Trinajstić information content (AvgIpc) is 3.18. The molecular formula is C19H28N4O2. The van der Waals surface area contributed by atoms with Gasteiger partial charge in [-0.2, -0.15) is 0 Å². The van der Waals surface area contributed by atoms with Crippen molar-refractivity contribution in [3.8, 4) is 0 Å². The van der Waals surface area contributed by atoms with Crippen molar-refractivity contribution < 1.29 is 9.59 Å². The summed E-state index contributed by atoms with van der Waals surface area (Å²) in [5.41, 5.74) is 1.91. The quantitative estimate of drug-likeness (QED) is 0.858. The van der Waals surface area contributed by atoms with Crippen LogP contribution >= 0.6 is 0 Å². The topological polar surface area (TPSA) is 55.9 Å². The first-order valence-corrected chi connectivity index (χ1v) is 9.19. The minimum absolute atomic E-state index is 0.0529. The minimum Gasteiger partial charge on any atom is -0.355 e. The lowest BCUT2D eigenvalue weighted by molar-refractivity contribution is -0.131. The van der Waals surface area contributed by atoms with Gasteiger partial charge in [0, 0.05) is 58.4 Å². The van der Waals surface area contributed by atoms with Crippen molar-refractivity contribution in [3.63, 3.8) is 0 Å². The van der Waals surface area contributed by atoms with Crippen molar-refractivity contribution in [2.75, 3.05) is 52.9 Å². The van der Waals surface area contributed by atoms with Crippen LogP contribution in [0.4, 0.5) is 0 Å². The van der Waals surface area contributed by atoms with Crippen LogP contribution in [0.15, 0.2) is 24.3 Å². The van der Waals surface area contributed by atoms with Crippen molar-refractivity contribution in [2.24, 2.45) is 0 Å². The van der Waals surface area contributed by atoms with Gasteiger partial charge >= 0.3 is 0 Å². The number of nitrogens with zero attached hydrogens (tertiary/aromatic N) is 3. The number of carbonyl (C=O) groups is 2. The molecule has 25 heavy (non-hydrogen) atoms. The van der Waals surface area contributed by atoms with E-state index in [-0.39, 0.29) is 11.8 Å². The third-order valence-corrected chi connectivity index (χ3v) is 5.13. The number of amides is 2. The highest BCUT2D eigenvalue weighted by molar-refractivity contribution is 5.93. The fraction of sp³-hybridized carbons (Fsp3) is 0.579. The number of hydrogen-bond acceptors (Lipinski definition) is 4. The molecule has 2 fully saturated rings. The lowest BCUT2D eigenvalue weighted by Crippen LogP contribution is -2.49. The number of likely N-dealkylation sites (tertiary alicyclic amines) is 1. The SMILES string of the molecule is CNC(=O)c1ccc(CN2CCN(CC(=O)N3CCCC3)CC2)cc1. The van der Waals surface area contributed by atoms with Gasteiger partial charge in [0.1, 0.15) is 0 Å². The molecule has 2 aliphatic heterocycles. The van der Waals surface area contributed by atoms with Gasteiger partial charge in [-0.3, -0.25) is 19.4 Å². The maximum absolute atomic E-state index is 12.2. The lowest BCUT2D eigenvalue weighted by atomic mass is 10.1. The van der Waals surface area contributed by atoms with E-state index in [1.165, 1.54) is 5.56 Å². The summed E-state index contributed by atoms with van der Waals surface area (Å²) in [5, 5.41) is 2.64. The Morgan fingerprint density at radius 2 is 1.52 bits per heavy atom. The molecule has 136 valence electrons. The maximum Gasteiger partial charge on any atom is 0.251 e. The van der Waals surface area contributed by atoms with Gasteiger partial charge in [-0.1, -0.05) is 12.1 Å². The van der Waals surface area contributed by atoms with Gasteiger partial charge in [0.15, 0.2) is 0 Å². The van der Waals surface area contributed by atoms with Gasteiger partial charge in [-0.05, 0) is 30.5 Å². The highest BCUT2D eigenvalue weighted by Gasteiger charge is 2.23. The first-order chi connectivity index (χ1) is 12.2. The Bertz CT molecular complexity index is 588. The van der Waals surface area contributed by atoms with Crippen molar-refractivity contribution in [2.45, 2.75) is 19.4 Å². The molecule has 0 aliphatic carbocycles. The molecule has 2 saturated heterocycles. The first-order valence-electron chi connectivity index (χ1n) is 9.19. The van der Waals surface area contributed by atoms with Crippen LogP contribution in [0.25, 0.3) is 0 Å². The molecule has 0 aromatic heterocycles. The molecule has 2 aliphatic rings. The number of benzene rings is 1. The molecule has 3 rings (SSSR count). The number of piperazine rings is 1. The molecular weight excluding hydrogens is 316 g/mol. The summed E-state index contributed by atoms with van der Waals surface area (Å²) in [4.78, 5) is 30.5. The van der Waals surface area contributed by atoms with Crippen LogP contribution < -0.4 is 5.32 Å². The van der Waals surface area contributed by atoms with Crippen LogP contribution in [0.3, 0.4) is 0 Å². The van der Waals surface area contributed by atoms with Gasteiger partial charge in [0.25, 0.3) is 5.91 Å². The molecule has 1 N–H and O–H groups in total. The Labute approximate surface area is 149 Å². The number of hydrogen-bond donors (Lipinski definition) is 1. The Morgan fingerprint density at radius 3 is 2.12 bits per heavy atom.